The first kappa shape index (κ1) is 18.3. The van der Waals surface area contributed by atoms with Gasteiger partial charge in [0.2, 0.25) is 0 Å². The average Bonchev–Trinajstić information content (AvgIpc) is 3.39. The van der Waals surface area contributed by atoms with E-state index < -0.39 is 0 Å². The molecule has 1 aromatic heterocycles. The van der Waals surface area contributed by atoms with E-state index in [1.165, 1.54) is 27.6 Å². The second-order valence-electron chi connectivity index (χ2n) is 7.75. The zero-order valence-corrected chi connectivity index (χ0v) is 17.2. The Morgan fingerprint density at radius 3 is 2.79 bits per heavy atom. The molecule has 5 rings (SSSR count). The molecular formula is C24H23ClN2O2. The van der Waals surface area contributed by atoms with E-state index in [2.05, 4.69) is 17.1 Å². The molecule has 0 unspecified atom stereocenters. The van der Waals surface area contributed by atoms with Gasteiger partial charge in [0.25, 0.3) is 5.91 Å². The molecule has 1 aliphatic heterocycles. The van der Waals surface area contributed by atoms with Crippen molar-refractivity contribution in [2.45, 2.75) is 25.7 Å². The summed E-state index contributed by atoms with van der Waals surface area (Å²) in [5.74, 6) is 1.04. The number of halogens is 1. The Hall–Kier alpha value is -2.72. The SMILES string of the molecule is COc1ccc(C(=O)N2CC=C(c3c[nH]c4cc(Cl)ccc34)CC2)c2c1CCC2. The molecule has 4 nitrogen and oxygen atoms in total. The first-order valence-electron chi connectivity index (χ1n) is 10.1. The maximum atomic E-state index is 13.2. The Morgan fingerprint density at radius 1 is 1.14 bits per heavy atom. The lowest BCUT2D eigenvalue weighted by molar-refractivity contribution is 0.0772. The third-order valence-electron chi connectivity index (χ3n) is 6.18. The molecule has 2 aromatic carbocycles. The number of carbonyl (C=O) groups excluding carboxylic acids is 1. The van der Waals surface area contributed by atoms with Gasteiger partial charge in [-0.3, -0.25) is 4.79 Å². The topological polar surface area (TPSA) is 45.3 Å². The molecule has 2 heterocycles. The van der Waals surface area contributed by atoms with E-state index >= 15 is 0 Å². The van der Waals surface area contributed by atoms with E-state index in [-0.39, 0.29) is 5.91 Å². The number of nitrogens with zero attached hydrogens (tertiary/aromatic N) is 1. The molecule has 1 aliphatic carbocycles. The van der Waals surface area contributed by atoms with Gasteiger partial charge >= 0.3 is 0 Å². The van der Waals surface area contributed by atoms with Gasteiger partial charge in [-0.2, -0.15) is 0 Å². The number of aromatic amines is 1. The van der Waals surface area contributed by atoms with Crippen molar-refractivity contribution < 1.29 is 9.53 Å². The number of H-pyrrole nitrogens is 1. The summed E-state index contributed by atoms with van der Waals surface area (Å²) >= 11 is 6.10. The van der Waals surface area contributed by atoms with Crippen LogP contribution in [0.5, 0.6) is 5.75 Å². The third-order valence-corrected chi connectivity index (χ3v) is 6.41. The van der Waals surface area contributed by atoms with Crippen LogP contribution in [0.4, 0.5) is 0 Å². The number of amides is 1. The van der Waals surface area contributed by atoms with Crippen LogP contribution >= 0.6 is 11.6 Å². The van der Waals surface area contributed by atoms with Crippen molar-refractivity contribution in [1.29, 1.82) is 0 Å². The first-order valence-corrected chi connectivity index (χ1v) is 10.5. The van der Waals surface area contributed by atoms with E-state index in [0.717, 1.165) is 54.1 Å². The Labute approximate surface area is 175 Å². The predicted molar refractivity (Wildman–Crippen MR) is 117 cm³/mol. The summed E-state index contributed by atoms with van der Waals surface area (Å²) in [4.78, 5) is 18.5. The molecule has 148 valence electrons. The zero-order chi connectivity index (χ0) is 20.0. The molecule has 0 fully saturated rings. The van der Waals surface area contributed by atoms with Crippen molar-refractivity contribution in [2.75, 3.05) is 20.2 Å². The maximum Gasteiger partial charge on any atom is 0.254 e. The van der Waals surface area contributed by atoms with Crippen LogP contribution in [0.15, 0.2) is 42.6 Å². The third kappa shape index (κ3) is 3.12. The average molecular weight is 407 g/mol. The molecule has 5 heteroatoms. The Balaban J connectivity index is 1.39. The highest BCUT2D eigenvalue weighted by Gasteiger charge is 2.26. The molecular weight excluding hydrogens is 384 g/mol. The number of benzene rings is 2. The van der Waals surface area contributed by atoms with Gasteiger partial charge in [-0.15, -0.1) is 0 Å². The van der Waals surface area contributed by atoms with E-state index in [0.29, 0.717) is 6.54 Å². The molecule has 0 spiro atoms. The Morgan fingerprint density at radius 2 is 2.00 bits per heavy atom. The number of rotatable bonds is 3. The molecule has 0 saturated heterocycles. The summed E-state index contributed by atoms with van der Waals surface area (Å²) in [6, 6.07) is 9.81. The van der Waals surface area contributed by atoms with Crippen LogP contribution < -0.4 is 4.74 Å². The number of fused-ring (bicyclic) bond motifs is 2. The molecule has 1 N–H and O–H groups in total. The fourth-order valence-electron chi connectivity index (χ4n) is 4.70. The standard InChI is InChI=1S/C24H23ClN2O2/c1-29-23-8-7-20(17-3-2-4-19(17)23)24(28)27-11-9-15(10-12-27)21-14-26-22-13-16(25)5-6-18(21)22/h5-9,13-14,26H,2-4,10-12H2,1H3. The second-order valence-corrected chi connectivity index (χ2v) is 8.19. The molecule has 0 saturated carbocycles. The van der Waals surface area contributed by atoms with Crippen LogP contribution in [0, 0.1) is 0 Å². The second kappa shape index (κ2) is 7.27. The largest absolute Gasteiger partial charge is 0.496 e. The van der Waals surface area contributed by atoms with Crippen molar-refractivity contribution in [1.82, 2.24) is 9.88 Å². The van der Waals surface area contributed by atoms with Gasteiger partial charge < -0.3 is 14.6 Å². The summed E-state index contributed by atoms with van der Waals surface area (Å²) in [5.41, 5.74) is 6.76. The fourth-order valence-corrected chi connectivity index (χ4v) is 4.87. The van der Waals surface area contributed by atoms with Crippen molar-refractivity contribution in [3.63, 3.8) is 0 Å². The number of nitrogens with one attached hydrogen (secondary N) is 1. The van der Waals surface area contributed by atoms with Crippen molar-refractivity contribution in [3.8, 4) is 5.75 Å². The summed E-state index contributed by atoms with van der Waals surface area (Å²) < 4.78 is 5.49. The van der Waals surface area contributed by atoms with Gasteiger partial charge in [-0.1, -0.05) is 23.7 Å². The van der Waals surface area contributed by atoms with Crippen LogP contribution in [0.3, 0.4) is 0 Å². The highest BCUT2D eigenvalue weighted by atomic mass is 35.5. The van der Waals surface area contributed by atoms with Crippen molar-refractivity contribution in [3.05, 3.63) is 69.9 Å². The van der Waals surface area contributed by atoms with Gasteiger partial charge in [0.05, 0.1) is 7.11 Å². The molecule has 1 amide bonds. The summed E-state index contributed by atoms with van der Waals surface area (Å²) in [6.45, 7) is 1.36. The van der Waals surface area contributed by atoms with Crippen LogP contribution in [-0.2, 0) is 12.8 Å². The van der Waals surface area contributed by atoms with Gasteiger partial charge in [-0.25, -0.2) is 0 Å². The van der Waals surface area contributed by atoms with E-state index in [9.17, 15) is 4.79 Å². The van der Waals surface area contributed by atoms with Gasteiger partial charge in [0, 0.05) is 46.3 Å². The van der Waals surface area contributed by atoms with E-state index in [1.807, 2.05) is 35.4 Å². The summed E-state index contributed by atoms with van der Waals surface area (Å²) in [5, 5.41) is 1.90. The normalized spacial score (nSPS) is 16.1. The number of methoxy groups -OCH3 is 1. The van der Waals surface area contributed by atoms with Crippen LogP contribution in [-0.4, -0.2) is 36.0 Å². The lowest BCUT2D eigenvalue weighted by atomic mass is 9.97. The van der Waals surface area contributed by atoms with E-state index in [1.54, 1.807) is 7.11 Å². The number of ether oxygens (including phenoxy) is 1. The minimum atomic E-state index is 0.131. The highest BCUT2D eigenvalue weighted by molar-refractivity contribution is 6.31. The van der Waals surface area contributed by atoms with Crippen LogP contribution in [0.1, 0.15) is 39.9 Å². The molecule has 0 radical (unpaired) electrons. The maximum absolute atomic E-state index is 13.2. The lowest BCUT2D eigenvalue weighted by Gasteiger charge is -2.27. The van der Waals surface area contributed by atoms with Crippen molar-refractivity contribution >= 4 is 34.0 Å². The smallest absolute Gasteiger partial charge is 0.254 e. The number of carbonyl (C=O) groups is 1. The zero-order valence-electron chi connectivity index (χ0n) is 16.4. The van der Waals surface area contributed by atoms with Crippen LogP contribution in [0.2, 0.25) is 5.02 Å². The van der Waals surface area contributed by atoms with Gasteiger partial charge in [0.1, 0.15) is 5.75 Å². The first-order chi connectivity index (χ1) is 14.2. The monoisotopic (exact) mass is 406 g/mol. The molecule has 3 aromatic rings. The highest BCUT2D eigenvalue weighted by Crippen LogP contribution is 2.35. The molecule has 0 atom stereocenters. The number of hydrogen-bond acceptors (Lipinski definition) is 2. The molecule has 29 heavy (non-hydrogen) atoms. The lowest BCUT2D eigenvalue weighted by Crippen LogP contribution is -2.35. The Kier molecular flexibility index (Phi) is 4.59. The van der Waals surface area contributed by atoms with E-state index in [4.69, 9.17) is 16.3 Å². The number of hydrogen-bond donors (Lipinski definition) is 1. The predicted octanol–water partition coefficient (Wildman–Crippen LogP) is 5.25. The minimum absolute atomic E-state index is 0.131. The van der Waals surface area contributed by atoms with Gasteiger partial charge in [-0.05, 0) is 66.6 Å². The van der Waals surface area contributed by atoms with Crippen LogP contribution in [0.25, 0.3) is 16.5 Å². The Bertz CT molecular complexity index is 1150. The number of aromatic nitrogens is 1. The van der Waals surface area contributed by atoms with Crippen molar-refractivity contribution in [2.24, 2.45) is 0 Å². The summed E-state index contributed by atoms with van der Waals surface area (Å²) in [7, 11) is 1.70. The molecule has 2 aliphatic rings. The quantitative estimate of drug-likeness (QED) is 0.645. The fraction of sp³-hybridized carbons (Fsp3) is 0.292. The van der Waals surface area contributed by atoms with Gasteiger partial charge in [0.15, 0.2) is 0 Å². The minimum Gasteiger partial charge on any atom is -0.496 e. The summed E-state index contributed by atoms with van der Waals surface area (Å²) in [6.07, 6.45) is 8.11. The molecule has 0 bridgehead atoms.